The Morgan fingerprint density at radius 3 is 2.53 bits per heavy atom. The van der Waals surface area contributed by atoms with E-state index < -0.39 is 12.2 Å². The number of rotatable bonds is 2. The summed E-state index contributed by atoms with van der Waals surface area (Å²) in [7, 11) is 0. The molecule has 0 aromatic heterocycles. The molecule has 1 aromatic carbocycles. The fourth-order valence-corrected chi connectivity index (χ4v) is 2.66. The van der Waals surface area contributed by atoms with E-state index in [2.05, 4.69) is 12.1 Å². The molecule has 2 N–H and O–H groups in total. The summed E-state index contributed by atoms with van der Waals surface area (Å²) < 4.78 is 0. The van der Waals surface area contributed by atoms with Crippen molar-refractivity contribution in [2.24, 2.45) is 5.92 Å². The maximum atomic E-state index is 9.94. The highest BCUT2D eigenvalue weighted by Crippen LogP contribution is 2.53. The van der Waals surface area contributed by atoms with Crippen LogP contribution in [0.5, 0.6) is 0 Å². The highest BCUT2D eigenvalue weighted by Gasteiger charge is 2.44. The zero-order valence-electron chi connectivity index (χ0n) is 9.53. The first-order chi connectivity index (χ1) is 8.27. The predicted molar refractivity (Wildman–Crippen MR) is 66.5 cm³/mol. The number of benzene rings is 1. The Kier molecular flexibility index (Phi) is 2.61. The lowest BCUT2D eigenvalue weighted by atomic mass is 9.93. The highest BCUT2D eigenvalue weighted by atomic mass is 16.3. The van der Waals surface area contributed by atoms with Crippen molar-refractivity contribution in [1.29, 1.82) is 0 Å². The van der Waals surface area contributed by atoms with Crippen LogP contribution in [0.25, 0.3) is 0 Å². The van der Waals surface area contributed by atoms with E-state index in [-0.39, 0.29) is 0 Å². The number of hydrogen-bond donors (Lipinski definition) is 2. The summed E-state index contributed by atoms with van der Waals surface area (Å²) >= 11 is 0. The molecule has 88 valence electrons. The summed E-state index contributed by atoms with van der Waals surface area (Å²) in [6.07, 6.45) is 5.03. The van der Waals surface area contributed by atoms with Crippen LogP contribution in [0.3, 0.4) is 0 Å². The lowest BCUT2D eigenvalue weighted by Crippen LogP contribution is -2.28. The molecule has 1 aromatic rings. The van der Waals surface area contributed by atoms with Gasteiger partial charge in [0.25, 0.3) is 0 Å². The Hall–Kier alpha value is -1.38. The first-order valence-corrected chi connectivity index (χ1v) is 6.06. The van der Waals surface area contributed by atoms with E-state index in [1.54, 1.807) is 6.08 Å². The van der Waals surface area contributed by atoms with Gasteiger partial charge in [-0.25, -0.2) is 0 Å². The first-order valence-electron chi connectivity index (χ1n) is 6.06. The number of allylic oxidation sites excluding steroid dienone is 2. The predicted octanol–water partition coefficient (Wildman–Crippen LogP) is 2.01. The van der Waals surface area contributed by atoms with E-state index >= 15 is 0 Å². The number of aliphatic hydroxyl groups excluding tert-OH is 2. The maximum absolute atomic E-state index is 9.94. The molecule has 2 aliphatic carbocycles. The summed E-state index contributed by atoms with van der Waals surface area (Å²) in [5, 5.41) is 19.5. The highest BCUT2D eigenvalue weighted by molar-refractivity contribution is 5.37. The summed E-state index contributed by atoms with van der Waals surface area (Å²) in [6.45, 7) is 0. The fraction of sp³-hybridized carbons (Fsp3) is 0.333. The normalized spacial score (nSPS) is 35.5. The van der Waals surface area contributed by atoms with Crippen molar-refractivity contribution in [3.63, 3.8) is 0 Å². The van der Waals surface area contributed by atoms with E-state index in [4.69, 9.17) is 0 Å². The second-order valence-electron chi connectivity index (χ2n) is 4.85. The smallest absolute Gasteiger partial charge is 0.105 e. The molecule has 0 spiro atoms. The molecule has 17 heavy (non-hydrogen) atoms. The largest absolute Gasteiger partial charge is 0.386 e. The van der Waals surface area contributed by atoms with E-state index in [1.165, 1.54) is 5.56 Å². The Morgan fingerprint density at radius 2 is 1.76 bits per heavy atom. The molecular weight excluding hydrogens is 212 g/mol. The van der Waals surface area contributed by atoms with Crippen molar-refractivity contribution in [2.45, 2.75) is 24.5 Å². The van der Waals surface area contributed by atoms with Crippen molar-refractivity contribution in [1.82, 2.24) is 0 Å². The quantitative estimate of drug-likeness (QED) is 0.813. The molecule has 2 aliphatic rings. The van der Waals surface area contributed by atoms with Crippen LogP contribution in [0.4, 0.5) is 0 Å². The summed E-state index contributed by atoms with van der Waals surface area (Å²) in [5.41, 5.74) is 2.31. The molecule has 0 saturated heterocycles. The second-order valence-corrected chi connectivity index (χ2v) is 4.85. The standard InChI is InChI=1S/C15H16O2/c16-14-8-4-7-11(15(14)17)13-9-12(13)10-5-2-1-3-6-10/h1-8,12-17H,9H2/t12-,13-,14-,15+/m0/s1. The molecule has 0 radical (unpaired) electrons. The Labute approximate surface area is 101 Å². The lowest BCUT2D eigenvalue weighted by Gasteiger charge is -2.21. The minimum atomic E-state index is -0.743. The van der Waals surface area contributed by atoms with Gasteiger partial charge in [-0.3, -0.25) is 0 Å². The van der Waals surface area contributed by atoms with Crippen LogP contribution in [0.15, 0.2) is 54.1 Å². The van der Waals surface area contributed by atoms with Gasteiger partial charge in [0.1, 0.15) is 12.2 Å². The summed E-state index contributed by atoms with van der Waals surface area (Å²) in [5.74, 6) is 0.905. The molecular formula is C15H16O2. The molecule has 0 heterocycles. The van der Waals surface area contributed by atoms with Gasteiger partial charge in [-0.15, -0.1) is 0 Å². The molecule has 3 rings (SSSR count). The zero-order chi connectivity index (χ0) is 11.8. The van der Waals surface area contributed by atoms with E-state index in [0.717, 1.165) is 12.0 Å². The van der Waals surface area contributed by atoms with Gasteiger partial charge in [0, 0.05) is 0 Å². The fourth-order valence-electron chi connectivity index (χ4n) is 2.66. The van der Waals surface area contributed by atoms with E-state index in [0.29, 0.717) is 11.8 Å². The van der Waals surface area contributed by atoms with Crippen LogP contribution in [0, 0.1) is 5.92 Å². The van der Waals surface area contributed by atoms with E-state index in [9.17, 15) is 10.2 Å². The minimum Gasteiger partial charge on any atom is -0.386 e. The van der Waals surface area contributed by atoms with Crippen LogP contribution in [-0.4, -0.2) is 22.4 Å². The molecule has 2 nitrogen and oxygen atoms in total. The molecule has 1 fully saturated rings. The zero-order valence-corrected chi connectivity index (χ0v) is 9.53. The SMILES string of the molecule is O[C@@H]1C([C@@H]2C[C@H]2c2ccccc2)=CC=C[C@@H]1O. The molecule has 0 amide bonds. The lowest BCUT2D eigenvalue weighted by molar-refractivity contribution is 0.0679. The van der Waals surface area contributed by atoms with Crippen molar-refractivity contribution in [3.8, 4) is 0 Å². The third-order valence-electron chi connectivity index (χ3n) is 3.71. The molecule has 4 atom stereocenters. The first kappa shape index (κ1) is 10.8. The second kappa shape index (κ2) is 4.13. The van der Waals surface area contributed by atoms with Crippen LogP contribution in [0.2, 0.25) is 0 Å². The van der Waals surface area contributed by atoms with Gasteiger partial charge >= 0.3 is 0 Å². The Morgan fingerprint density at radius 1 is 1.00 bits per heavy atom. The van der Waals surface area contributed by atoms with Crippen molar-refractivity contribution < 1.29 is 10.2 Å². The van der Waals surface area contributed by atoms with E-state index in [1.807, 2.05) is 30.4 Å². The average Bonchev–Trinajstić information content (AvgIpc) is 3.14. The molecule has 0 bridgehead atoms. The third-order valence-corrected chi connectivity index (χ3v) is 3.71. The topological polar surface area (TPSA) is 40.5 Å². The Balaban J connectivity index is 1.77. The Bertz CT molecular complexity index is 461. The minimum absolute atomic E-state index is 0.395. The van der Waals surface area contributed by atoms with Gasteiger partial charge in [-0.2, -0.15) is 0 Å². The van der Waals surface area contributed by atoms with Gasteiger partial charge in [0.2, 0.25) is 0 Å². The van der Waals surface area contributed by atoms with Gasteiger partial charge in [0.05, 0.1) is 0 Å². The molecule has 0 unspecified atom stereocenters. The number of hydrogen-bond acceptors (Lipinski definition) is 2. The van der Waals surface area contributed by atoms with Crippen LogP contribution < -0.4 is 0 Å². The summed E-state index contributed by atoms with van der Waals surface area (Å²) in [4.78, 5) is 0. The van der Waals surface area contributed by atoms with Crippen molar-refractivity contribution in [3.05, 3.63) is 59.7 Å². The van der Waals surface area contributed by atoms with Crippen LogP contribution >= 0.6 is 0 Å². The van der Waals surface area contributed by atoms with Crippen LogP contribution in [0.1, 0.15) is 17.9 Å². The number of aliphatic hydroxyl groups is 2. The van der Waals surface area contributed by atoms with Gasteiger partial charge in [-0.1, -0.05) is 48.6 Å². The summed E-state index contributed by atoms with van der Waals surface area (Å²) in [6, 6.07) is 10.4. The van der Waals surface area contributed by atoms with Gasteiger partial charge < -0.3 is 10.2 Å². The van der Waals surface area contributed by atoms with Gasteiger partial charge in [-0.05, 0) is 29.4 Å². The molecule has 0 aliphatic heterocycles. The average molecular weight is 228 g/mol. The molecule has 1 saturated carbocycles. The molecule has 2 heteroatoms. The van der Waals surface area contributed by atoms with Crippen molar-refractivity contribution >= 4 is 0 Å². The van der Waals surface area contributed by atoms with Gasteiger partial charge in [0.15, 0.2) is 0 Å². The third kappa shape index (κ3) is 1.94. The van der Waals surface area contributed by atoms with Crippen LogP contribution in [-0.2, 0) is 0 Å². The maximum Gasteiger partial charge on any atom is 0.105 e. The monoisotopic (exact) mass is 228 g/mol. The van der Waals surface area contributed by atoms with Crippen molar-refractivity contribution in [2.75, 3.05) is 0 Å².